The summed E-state index contributed by atoms with van der Waals surface area (Å²) in [5.74, 6) is 0. The van der Waals surface area contributed by atoms with Crippen LogP contribution in [-0.2, 0) is 0 Å². The van der Waals surface area contributed by atoms with Gasteiger partial charge in [-0.15, -0.1) is 0 Å². The van der Waals surface area contributed by atoms with E-state index >= 15 is 0 Å². The number of hydrogen-bond donors (Lipinski definition) is 1. The van der Waals surface area contributed by atoms with E-state index in [1.807, 2.05) is 7.05 Å². The Morgan fingerprint density at radius 3 is 2.42 bits per heavy atom. The third-order valence-corrected chi connectivity index (χ3v) is 2.29. The van der Waals surface area contributed by atoms with E-state index in [0.717, 1.165) is 6.42 Å². The van der Waals surface area contributed by atoms with Crippen LogP contribution < -0.4 is 5.32 Å². The van der Waals surface area contributed by atoms with Crippen molar-refractivity contribution >= 4 is 0 Å². The molecule has 0 spiro atoms. The normalized spacial score (nSPS) is 19.5. The van der Waals surface area contributed by atoms with Gasteiger partial charge in [0.25, 0.3) is 0 Å². The monoisotopic (exact) mass is 165 g/mol. The molecule has 1 nitrogen and oxygen atoms in total. The first-order valence-electron chi connectivity index (χ1n) is 4.59. The van der Waals surface area contributed by atoms with Gasteiger partial charge in [0.2, 0.25) is 0 Å². The van der Waals surface area contributed by atoms with E-state index in [2.05, 4.69) is 44.3 Å². The lowest BCUT2D eigenvalue weighted by molar-refractivity contribution is 0.320. The van der Waals surface area contributed by atoms with Crippen molar-refractivity contribution in [2.24, 2.45) is 5.41 Å². The second-order valence-electron chi connectivity index (χ2n) is 4.43. The van der Waals surface area contributed by atoms with Crippen LogP contribution >= 0.6 is 0 Å². The minimum Gasteiger partial charge on any atom is -0.313 e. The van der Waals surface area contributed by atoms with Crippen LogP contribution in [0.1, 0.15) is 27.2 Å². The van der Waals surface area contributed by atoms with Gasteiger partial charge in [-0.3, -0.25) is 0 Å². The van der Waals surface area contributed by atoms with Gasteiger partial charge < -0.3 is 5.32 Å². The van der Waals surface area contributed by atoms with Gasteiger partial charge in [-0.2, -0.15) is 0 Å². The second kappa shape index (κ2) is 3.44. The molecule has 68 valence electrons. The van der Waals surface area contributed by atoms with Gasteiger partial charge in [-0.05, 0) is 24.5 Å². The largest absolute Gasteiger partial charge is 0.313 e. The summed E-state index contributed by atoms with van der Waals surface area (Å²) in [6.07, 6.45) is 7.84. The third-order valence-electron chi connectivity index (χ3n) is 2.29. The van der Waals surface area contributed by atoms with E-state index in [0.29, 0.717) is 11.5 Å². The summed E-state index contributed by atoms with van der Waals surface area (Å²) in [4.78, 5) is 0. The lowest BCUT2D eigenvalue weighted by Gasteiger charge is -2.31. The molecule has 0 heterocycles. The highest BCUT2D eigenvalue weighted by Crippen LogP contribution is 2.27. The molecule has 0 aromatic carbocycles. The molecule has 0 aromatic heterocycles. The molecule has 1 aliphatic carbocycles. The summed E-state index contributed by atoms with van der Waals surface area (Å²) >= 11 is 0. The van der Waals surface area contributed by atoms with Crippen LogP contribution in [0.4, 0.5) is 0 Å². The Morgan fingerprint density at radius 2 is 2.08 bits per heavy atom. The Balaban J connectivity index is 2.75. The van der Waals surface area contributed by atoms with E-state index in [1.54, 1.807) is 0 Å². The highest BCUT2D eigenvalue weighted by atomic mass is 14.9. The molecule has 1 unspecified atom stereocenters. The number of rotatable bonds is 2. The van der Waals surface area contributed by atoms with Gasteiger partial charge in [0.1, 0.15) is 0 Å². The predicted molar refractivity (Wildman–Crippen MR) is 54.1 cm³/mol. The zero-order valence-electron chi connectivity index (χ0n) is 8.52. The molecule has 1 atom stereocenters. The van der Waals surface area contributed by atoms with Crippen LogP contribution in [0, 0.1) is 5.41 Å². The van der Waals surface area contributed by atoms with Crippen molar-refractivity contribution in [3.05, 3.63) is 23.8 Å². The van der Waals surface area contributed by atoms with E-state index in [1.165, 1.54) is 5.57 Å². The second-order valence-corrected chi connectivity index (χ2v) is 4.43. The van der Waals surface area contributed by atoms with Gasteiger partial charge in [-0.1, -0.05) is 39.0 Å². The molecule has 0 amide bonds. The standard InChI is InChI=1S/C11H19N/c1-11(2,3)10(12-4)9-7-5-6-8-9/h5,7-8,10,12H,6H2,1-4H3. The van der Waals surface area contributed by atoms with Crippen molar-refractivity contribution in [3.63, 3.8) is 0 Å². The first kappa shape index (κ1) is 9.53. The van der Waals surface area contributed by atoms with Crippen molar-refractivity contribution in [1.82, 2.24) is 5.32 Å². The maximum Gasteiger partial charge on any atom is 0.0363 e. The molecule has 1 aliphatic rings. The first-order chi connectivity index (χ1) is 5.55. The van der Waals surface area contributed by atoms with Crippen molar-refractivity contribution in [3.8, 4) is 0 Å². The summed E-state index contributed by atoms with van der Waals surface area (Å²) in [5.41, 5.74) is 1.74. The predicted octanol–water partition coefficient (Wildman–Crippen LogP) is 2.51. The van der Waals surface area contributed by atoms with Crippen molar-refractivity contribution < 1.29 is 0 Å². The summed E-state index contributed by atoms with van der Waals surface area (Å²) < 4.78 is 0. The number of nitrogens with one attached hydrogen (secondary N) is 1. The van der Waals surface area contributed by atoms with E-state index in [4.69, 9.17) is 0 Å². The van der Waals surface area contributed by atoms with Crippen LogP contribution in [0.5, 0.6) is 0 Å². The zero-order chi connectivity index (χ0) is 9.19. The number of likely N-dealkylation sites (N-methyl/N-ethyl adjacent to an activating group) is 1. The summed E-state index contributed by atoms with van der Waals surface area (Å²) in [5, 5.41) is 3.36. The Labute approximate surface area is 75.6 Å². The fourth-order valence-corrected chi connectivity index (χ4v) is 1.79. The molecule has 1 heteroatoms. The van der Waals surface area contributed by atoms with Gasteiger partial charge in [0.05, 0.1) is 0 Å². The van der Waals surface area contributed by atoms with Crippen LogP contribution in [0.15, 0.2) is 23.8 Å². The molecule has 0 radical (unpaired) electrons. The van der Waals surface area contributed by atoms with Gasteiger partial charge >= 0.3 is 0 Å². The molecule has 0 aliphatic heterocycles. The topological polar surface area (TPSA) is 12.0 Å². The molecule has 0 saturated carbocycles. The molecule has 0 bridgehead atoms. The molecule has 0 aromatic rings. The maximum atomic E-state index is 3.36. The molecular formula is C11H19N. The fourth-order valence-electron chi connectivity index (χ4n) is 1.79. The van der Waals surface area contributed by atoms with Crippen LogP contribution in [0.25, 0.3) is 0 Å². The van der Waals surface area contributed by atoms with Gasteiger partial charge in [0.15, 0.2) is 0 Å². The average Bonchev–Trinajstić information content (AvgIpc) is 2.38. The van der Waals surface area contributed by atoms with Crippen LogP contribution in [0.2, 0.25) is 0 Å². The molecule has 1 N–H and O–H groups in total. The molecule has 0 saturated heterocycles. The Morgan fingerprint density at radius 1 is 1.42 bits per heavy atom. The fraction of sp³-hybridized carbons (Fsp3) is 0.636. The van der Waals surface area contributed by atoms with Crippen molar-refractivity contribution in [2.45, 2.75) is 33.2 Å². The molecular weight excluding hydrogens is 146 g/mol. The maximum absolute atomic E-state index is 3.36. The van der Waals surface area contributed by atoms with E-state index in [-0.39, 0.29) is 0 Å². The van der Waals surface area contributed by atoms with Gasteiger partial charge in [0, 0.05) is 6.04 Å². The summed E-state index contributed by atoms with van der Waals surface area (Å²) in [7, 11) is 2.03. The summed E-state index contributed by atoms with van der Waals surface area (Å²) in [6, 6.07) is 0.483. The first-order valence-corrected chi connectivity index (χ1v) is 4.59. The van der Waals surface area contributed by atoms with Crippen LogP contribution in [-0.4, -0.2) is 13.1 Å². The SMILES string of the molecule is CNC(C1=CCC=C1)C(C)(C)C. The Kier molecular flexibility index (Phi) is 2.73. The van der Waals surface area contributed by atoms with Crippen molar-refractivity contribution in [2.75, 3.05) is 7.05 Å². The van der Waals surface area contributed by atoms with E-state index in [9.17, 15) is 0 Å². The number of hydrogen-bond acceptors (Lipinski definition) is 1. The average molecular weight is 165 g/mol. The minimum absolute atomic E-state index is 0.301. The number of allylic oxidation sites excluding steroid dienone is 2. The Bertz CT molecular complexity index is 206. The Hall–Kier alpha value is -0.560. The highest BCUT2D eigenvalue weighted by molar-refractivity contribution is 5.32. The third kappa shape index (κ3) is 1.98. The molecule has 0 fully saturated rings. The van der Waals surface area contributed by atoms with Gasteiger partial charge in [-0.25, -0.2) is 0 Å². The quantitative estimate of drug-likeness (QED) is 0.663. The van der Waals surface area contributed by atoms with Crippen LogP contribution in [0.3, 0.4) is 0 Å². The summed E-state index contributed by atoms with van der Waals surface area (Å²) in [6.45, 7) is 6.80. The molecule has 1 rings (SSSR count). The zero-order valence-corrected chi connectivity index (χ0v) is 8.52. The van der Waals surface area contributed by atoms with E-state index < -0.39 is 0 Å². The minimum atomic E-state index is 0.301. The highest BCUT2D eigenvalue weighted by Gasteiger charge is 2.25. The smallest absolute Gasteiger partial charge is 0.0363 e. The van der Waals surface area contributed by atoms with Crippen molar-refractivity contribution in [1.29, 1.82) is 0 Å². The lowest BCUT2D eigenvalue weighted by atomic mass is 9.82. The lowest BCUT2D eigenvalue weighted by Crippen LogP contribution is -2.38. The molecule has 12 heavy (non-hydrogen) atoms.